The standard InChI is InChI=1S/C18H20ClNO/c1-14(10-11-15-6-3-2-4-7-15)20-18(21)13-16-8-5-9-17(19)12-16/h2-9,12,14H,10-11,13H2,1H3,(H,20,21)/t14-/m1/s1. The Labute approximate surface area is 131 Å². The van der Waals surface area contributed by atoms with E-state index in [2.05, 4.69) is 17.4 Å². The van der Waals surface area contributed by atoms with Crippen LogP contribution in [0.2, 0.25) is 5.02 Å². The quantitative estimate of drug-likeness (QED) is 0.858. The van der Waals surface area contributed by atoms with Crippen molar-refractivity contribution < 1.29 is 4.79 Å². The van der Waals surface area contributed by atoms with Crippen LogP contribution in [0, 0.1) is 0 Å². The number of hydrogen-bond acceptors (Lipinski definition) is 1. The fraction of sp³-hybridized carbons (Fsp3) is 0.278. The number of rotatable bonds is 6. The van der Waals surface area contributed by atoms with Crippen LogP contribution in [0.1, 0.15) is 24.5 Å². The van der Waals surface area contributed by atoms with Gasteiger partial charge in [-0.25, -0.2) is 0 Å². The van der Waals surface area contributed by atoms with Gasteiger partial charge < -0.3 is 5.32 Å². The molecular weight excluding hydrogens is 282 g/mol. The van der Waals surface area contributed by atoms with Crippen LogP contribution in [0.25, 0.3) is 0 Å². The van der Waals surface area contributed by atoms with Gasteiger partial charge >= 0.3 is 0 Å². The van der Waals surface area contributed by atoms with Crippen LogP contribution < -0.4 is 5.32 Å². The molecule has 1 amide bonds. The summed E-state index contributed by atoms with van der Waals surface area (Å²) >= 11 is 5.92. The van der Waals surface area contributed by atoms with Gasteiger partial charge in [0.1, 0.15) is 0 Å². The minimum atomic E-state index is 0.0397. The SMILES string of the molecule is C[C@H](CCc1ccccc1)NC(=O)Cc1cccc(Cl)c1. The zero-order valence-corrected chi connectivity index (χ0v) is 12.9. The van der Waals surface area contributed by atoms with Crippen LogP contribution in [-0.4, -0.2) is 11.9 Å². The van der Waals surface area contributed by atoms with Crippen LogP contribution >= 0.6 is 11.6 Å². The van der Waals surface area contributed by atoms with E-state index in [-0.39, 0.29) is 11.9 Å². The average molecular weight is 302 g/mol. The van der Waals surface area contributed by atoms with Gasteiger partial charge in [0.05, 0.1) is 6.42 Å². The second-order valence-corrected chi connectivity index (χ2v) is 5.74. The topological polar surface area (TPSA) is 29.1 Å². The molecule has 0 aliphatic carbocycles. The van der Waals surface area contributed by atoms with E-state index in [4.69, 9.17) is 11.6 Å². The molecule has 0 saturated heterocycles. The highest BCUT2D eigenvalue weighted by molar-refractivity contribution is 6.30. The molecule has 0 aliphatic heterocycles. The van der Waals surface area contributed by atoms with Crippen molar-refractivity contribution in [2.75, 3.05) is 0 Å². The van der Waals surface area contributed by atoms with Gasteiger partial charge in [0.15, 0.2) is 0 Å². The lowest BCUT2D eigenvalue weighted by Gasteiger charge is -2.14. The van der Waals surface area contributed by atoms with E-state index in [0.29, 0.717) is 11.4 Å². The molecule has 0 fully saturated rings. The van der Waals surface area contributed by atoms with Crippen LogP contribution in [0.15, 0.2) is 54.6 Å². The number of benzene rings is 2. The van der Waals surface area contributed by atoms with Crippen molar-refractivity contribution in [2.45, 2.75) is 32.2 Å². The Morgan fingerprint density at radius 1 is 1.10 bits per heavy atom. The molecule has 0 heterocycles. The molecular formula is C18H20ClNO. The summed E-state index contributed by atoms with van der Waals surface area (Å²) in [7, 11) is 0. The Bertz CT molecular complexity index is 583. The summed E-state index contributed by atoms with van der Waals surface area (Å²) < 4.78 is 0. The van der Waals surface area contributed by atoms with E-state index >= 15 is 0 Å². The van der Waals surface area contributed by atoms with Gasteiger partial charge in [-0.2, -0.15) is 0 Å². The molecule has 0 bridgehead atoms. The first-order valence-electron chi connectivity index (χ1n) is 7.21. The lowest BCUT2D eigenvalue weighted by molar-refractivity contribution is -0.121. The van der Waals surface area contributed by atoms with Crippen LogP contribution in [0.3, 0.4) is 0 Å². The van der Waals surface area contributed by atoms with E-state index in [1.807, 2.05) is 49.4 Å². The average Bonchev–Trinajstić information content (AvgIpc) is 2.46. The maximum atomic E-state index is 12.0. The van der Waals surface area contributed by atoms with Crippen molar-refractivity contribution in [2.24, 2.45) is 0 Å². The first-order chi connectivity index (χ1) is 10.1. The molecule has 3 heteroatoms. The normalized spacial score (nSPS) is 11.9. The van der Waals surface area contributed by atoms with Crippen LogP contribution in [-0.2, 0) is 17.6 Å². The number of halogens is 1. The molecule has 0 saturated carbocycles. The fourth-order valence-electron chi connectivity index (χ4n) is 2.26. The molecule has 1 atom stereocenters. The number of amides is 1. The first-order valence-corrected chi connectivity index (χ1v) is 7.59. The lowest BCUT2D eigenvalue weighted by Crippen LogP contribution is -2.34. The smallest absolute Gasteiger partial charge is 0.224 e. The minimum absolute atomic E-state index is 0.0397. The summed E-state index contributed by atoms with van der Waals surface area (Å²) in [5.41, 5.74) is 2.24. The summed E-state index contributed by atoms with van der Waals surface area (Å²) in [6, 6.07) is 17.9. The maximum Gasteiger partial charge on any atom is 0.224 e. The largest absolute Gasteiger partial charge is 0.353 e. The van der Waals surface area contributed by atoms with Crippen molar-refractivity contribution in [1.82, 2.24) is 5.32 Å². The third kappa shape index (κ3) is 5.60. The van der Waals surface area contributed by atoms with Gasteiger partial charge in [0, 0.05) is 11.1 Å². The van der Waals surface area contributed by atoms with E-state index in [1.165, 1.54) is 5.56 Å². The summed E-state index contributed by atoms with van der Waals surface area (Å²) in [6.07, 6.45) is 2.28. The Kier molecular flexibility index (Phi) is 5.82. The predicted molar refractivity (Wildman–Crippen MR) is 87.5 cm³/mol. The number of hydrogen-bond donors (Lipinski definition) is 1. The molecule has 110 valence electrons. The monoisotopic (exact) mass is 301 g/mol. The van der Waals surface area contributed by atoms with E-state index in [0.717, 1.165) is 18.4 Å². The van der Waals surface area contributed by atoms with Gasteiger partial charge in [-0.1, -0.05) is 54.1 Å². The third-order valence-electron chi connectivity index (χ3n) is 3.37. The van der Waals surface area contributed by atoms with Crippen LogP contribution in [0.5, 0.6) is 0 Å². The van der Waals surface area contributed by atoms with E-state index in [1.54, 1.807) is 0 Å². The first kappa shape index (κ1) is 15.6. The molecule has 2 rings (SSSR count). The summed E-state index contributed by atoms with van der Waals surface area (Å²) in [4.78, 5) is 12.0. The predicted octanol–water partition coefficient (Wildman–Crippen LogP) is 4.02. The molecule has 21 heavy (non-hydrogen) atoms. The zero-order valence-electron chi connectivity index (χ0n) is 12.2. The van der Waals surface area contributed by atoms with Crippen LogP contribution in [0.4, 0.5) is 0 Å². The highest BCUT2D eigenvalue weighted by atomic mass is 35.5. The van der Waals surface area contributed by atoms with Crippen molar-refractivity contribution in [1.29, 1.82) is 0 Å². The van der Waals surface area contributed by atoms with Crippen molar-refractivity contribution >= 4 is 17.5 Å². The van der Waals surface area contributed by atoms with Gasteiger partial charge in [-0.15, -0.1) is 0 Å². The lowest BCUT2D eigenvalue weighted by atomic mass is 10.1. The number of nitrogens with one attached hydrogen (secondary N) is 1. The zero-order chi connectivity index (χ0) is 15.1. The molecule has 2 nitrogen and oxygen atoms in total. The minimum Gasteiger partial charge on any atom is -0.353 e. The Hall–Kier alpha value is -1.80. The fourth-order valence-corrected chi connectivity index (χ4v) is 2.47. The Morgan fingerprint density at radius 3 is 2.52 bits per heavy atom. The van der Waals surface area contributed by atoms with Crippen molar-refractivity contribution in [3.05, 3.63) is 70.7 Å². The number of carbonyl (C=O) groups is 1. The molecule has 0 aliphatic rings. The Morgan fingerprint density at radius 2 is 1.81 bits per heavy atom. The number of aryl methyl sites for hydroxylation is 1. The molecule has 2 aromatic rings. The van der Waals surface area contributed by atoms with E-state index < -0.39 is 0 Å². The van der Waals surface area contributed by atoms with E-state index in [9.17, 15) is 4.79 Å². The third-order valence-corrected chi connectivity index (χ3v) is 3.61. The summed E-state index contributed by atoms with van der Waals surface area (Å²) in [6.45, 7) is 2.04. The van der Waals surface area contributed by atoms with Gasteiger partial charge in [0.2, 0.25) is 5.91 Å². The van der Waals surface area contributed by atoms with Gasteiger partial charge in [-0.3, -0.25) is 4.79 Å². The Balaban J connectivity index is 1.77. The highest BCUT2D eigenvalue weighted by Gasteiger charge is 2.08. The van der Waals surface area contributed by atoms with Crippen molar-refractivity contribution in [3.63, 3.8) is 0 Å². The highest BCUT2D eigenvalue weighted by Crippen LogP contribution is 2.11. The second kappa shape index (κ2) is 7.84. The molecule has 2 aromatic carbocycles. The second-order valence-electron chi connectivity index (χ2n) is 5.30. The molecule has 0 aromatic heterocycles. The molecule has 0 spiro atoms. The van der Waals surface area contributed by atoms with Gasteiger partial charge in [-0.05, 0) is 43.0 Å². The molecule has 1 N–H and O–H groups in total. The maximum absolute atomic E-state index is 12.0. The molecule has 0 radical (unpaired) electrons. The number of carbonyl (C=O) groups excluding carboxylic acids is 1. The van der Waals surface area contributed by atoms with Gasteiger partial charge in [0.25, 0.3) is 0 Å². The van der Waals surface area contributed by atoms with Crippen molar-refractivity contribution in [3.8, 4) is 0 Å². The summed E-state index contributed by atoms with van der Waals surface area (Å²) in [5, 5.41) is 3.70. The molecule has 0 unspecified atom stereocenters. The summed E-state index contributed by atoms with van der Waals surface area (Å²) in [5.74, 6) is 0.0397.